The van der Waals surface area contributed by atoms with Crippen LogP contribution >= 0.6 is 11.6 Å². The molecule has 1 heterocycles. The maximum atomic E-state index is 12.5. The Morgan fingerprint density at radius 3 is 2.43 bits per heavy atom. The minimum atomic E-state index is -3.50. The maximum absolute atomic E-state index is 12.5. The lowest BCUT2D eigenvalue weighted by Gasteiger charge is -2.26. The lowest BCUT2D eigenvalue weighted by Crippen LogP contribution is -2.31. The van der Waals surface area contributed by atoms with Crippen LogP contribution in [0, 0.1) is 0 Å². The molecule has 0 saturated heterocycles. The van der Waals surface area contributed by atoms with E-state index in [0.29, 0.717) is 18.1 Å². The molecule has 3 rings (SSSR count). The van der Waals surface area contributed by atoms with Crippen molar-refractivity contribution in [3.8, 4) is 0 Å². The highest BCUT2D eigenvalue weighted by Crippen LogP contribution is 2.24. The number of rotatable bonds is 8. The van der Waals surface area contributed by atoms with Gasteiger partial charge in [-0.15, -0.1) is 0 Å². The number of hydrogen-bond acceptors (Lipinski definition) is 4. The number of sulfonamides is 1. The highest BCUT2D eigenvalue weighted by molar-refractivity contribution is 7.89. The Labute approximate surface area is 184 Å². The predicted molar refractivity (Wildman–Crippen MR) is 122 cm³/mol. The number of fused-ring (bicyclic) bond motifs is 1. The van der Waals surface area contributed by atoms with Crippen LogP contribution in [0.2, 0.25) is 5.02 Å². The van der Waals surface area contributed by atoms with Crippen LogP contribution in [0.4, 0.5) is 0 Å². The van der Waals surface area contributed by atoms with Crippen molar-refractivity contribution in [1.29, 1.82) is 0 Å². The summed E-state index contributed by atoms with van der Waals surface area (Å²) < 4.78 is 28.4. The zero-order chi connectivity index (χ0) is 22.1. The van der Waals surface area contributed by atoms with Gasteiger partial charge < -0.3 is 4.57 Å². The van der Waals surface area contributed by atoms with Crippen molar-refractivity contribution < 1.29 is 8.42 Å². The van der Waals surface area contributed by atoms with Crippen LogP contribution in [0.15, 0.2) is 47.4 Å². The normalized spacial score (nSPS) is 12.6. The monoisotopic (exact) mass is 448 g/mol. The summed E-state index contributed by atoms with van der Waals surface area (Å²) in [6.07, 6.45) is 0. The van der Waals surface area contributed by atoms with E-state index in [1.807, 2.05) is 24.3 Å². The van der Waals surface area contributed by atoms with Gasteiger partial charge in [-0.2, -0.15) is 0 Å². The topological polar surface area (TPSA) is 58.4 Å². The van der Waals surface area contributed by atoms with E-state index in [2.05, 4.69) is 36.3 Å². The molecule has 0 aliphatic rings. The standard InChI is InChI=1S/C22H29ClN4O2S/c1-6-27-21-11-10-19(30(28,29)25(4)5)13-20(21)24-22(27)15-26(16(2)3)14-17-8-7-9-18(23)12-17/h7-13,16H,6,14-15H2,1-5H3. The summed E-state index contributed by atoms with van der Waals surface area (Å²) in [6, 6.07) is 13.4. The molecule has 0 amide bonds. The van der Waals surface area contributed by atoms with E-state index in [4.69, 9.17) is 16.6 Å². The molecule has 8 heteroatoms. The molecular weight excluding hydrogens is 420 g/mol. The van der Waals surface area contributed by atoms with Crippen LogP contribution in [0.3, 0.4) is 0 Å². The third kappa shape index (κ3) is 4.70. The fourth-order valence-corrected chi connectivity index (χ4v) is 4.61. The largest absolute Gasteiger partial charge is 0.327 e. The third-order valence-corrected chi connectivity index (χ3v) is 7.29. The Morgan fingerprint density at radius 1 is 1.10 bits per heavy atom. The van der Waals surface area contributed by atoms with Crippen molar-refractivity contribution in [1.82, 2.24) is 18.8 Å². The fourth-order valence-electron chi connectivity index (χ4n) is 3.48. The van der Waals surface area contributed by atoms with Crippen LogP contribution < -0.4 is 0 Å². The van der Waals surface area contributed by atoms with Gasteiger partial charge in [0.15, 0.2) is 0 Å². The van der Waals surface area contributed by atoms with E-state index in [1.165, 1.54) is 18.4 Å². The van der Waals surface area contributed by atoms with Gasteiger partial charge in [0, 0.05) is 38.2 Å². The number of imidazole rings is 1. The summed E-state index contributed by atoms with van der Waals surface area (Å²) in [5, 5.41) is 0.728. The Kier molecular flexibility index (Phi) is 6.87. The molecule has 1 aromatic heterocycles. The Morgan fingerprint density at radius 2 is 1.83 bits per heavy atom. The summed E-state index contributed by atoms with van der Waals surface area (Å²) in [5.74, 6) is 0.919. The molecule has 0 bridgehead atoms. The van der Waals surface area contributed by atoms with Crippen LogP contribution in [-0.2, 0) is 29.7 Å². The second kappa shape index (κ2) is 9.06. The molecule has 162 valence electrons. The van der Waals surface area contributed by atoms with Gasteiger partial charge in [0.25, 0.3) is 0 Å². The van der Waals surface area contributed by atoms with Crippen LogP contribution in [0.1, 0.15) is 32.2 Å². The van der Waals surface area contributed by atoms with Crippen molar-refractivity contribution in [2.24, 2.45) is 0 Å². The number of nitrogens with zero attached hydrogens (tertiary/aromatic N) is 4. The number of benzene rings is 2. The summed E-state index contributed by atoms with van der Waals surface area (Å²) in [4.78, 5) is 7.40. The molecule has 0 atom stereocenters. The van der Waals surface area contributed by atoms with Crippen LogP contribution in [0.25, 0.3) is 11.0 Å². The number of halogens is 1. The minimum Gasteiger partial charge on any atom is -0.327 e. The van der Waals surface area contributed by atoms with Gasteiger partial charge in [-0.25, -0.2) is 17.7 Å². The van der Waals surface area contributed by atoms with E-state index in [9.17, 15) is 8.42 Å². The first-order valence-electron chi connectivity index (χ1n) is 10.0. The smallest absolute Gasteiger partial charge is 0.242 e. The molecular formula is C22H29ClN4O2S. The quantitative estimate of drug-likeness (QED) is 0.513. The summed E-state index contributed by atoms with van der Waals surface area (Å²) in [5.41, 5.74) is 2.78. The fraction of sp³-hybridized carbons (Fsp3) is 0.409. The Balaban J connectivity index is 1.97. The van der Waals surface area contributed by atoms with Crippen molar-refractivity contribution in [2.45, 2.75) is 51.3 Å². The molecule has 0 saturated carbocycles. The second-order valence-corrected chi connectivity index (χ2v) is 10.4. The zero-order valence-electron chi connectivity index (χ0n) is 18.1. The zero-order valence-corrected chi connectivity index (χ0v) is 19.7. The summed E-state index contributed by atoms with van der Waals surface area (Å²) in [7, 11) is -0.431. The molecule has 0 unspecified atom stereocenters. The third-order valence-electron chi connectivity index (χ3n) is 5.24. The van der Waals surface area contributed by atoms with Crippen molar-refractivity contribution in [3.63, 3.8) is 0 Å². The summed E-state index contributed by atoms with van der Waals surface area (Å²) >= 11 is 6.16. The molecule has 2 aromatic carbocycles. The van der Waals surface area contributed by atoms with E-state index >= 15 is 0 Å². The van der Waals surface area contributed by atoms with Crippen molar-refractivity contribution in [2.75, 3.05) is 14.1 Å². The van der Waals surface area contributed by atoms with E-state index in [0.717, 1.165) is 35.0 Å². The van der Waals surface area contributed by atoms with Crippen LogP contribution in [0.5, 0.6) is 0 Å². The molecule has 0 N–H and O–H groups in total. The molecule has 0 spiro atoms. The van der Waals surface area contributed by atoms with Crippen molar-refractivity contribution in [3.05, 3.63) is 58.9 Å². The first-order valence-corrected chi connectivity index (χ1v) is 11.9. The van der Waals surface area contributed by atoms with E-state index in [-0.39, 0.29) is 4.90 Å². The van der Waals surface area contributed by atoms with Crippen molar-refractivity contribution >= 4 is 32.7 Å². The van der Waals surface area contributed by atoms with Crippen LogP contribution in [-0.4, -0.2) is 47.3 Å². The van der Waals surface area contributed by atoms with Gasteiger partial charge in [0.1, 0.15) is 5.82 Å². The Bertz CT molecular complexity index is 1140. The highest BCUT2D eigenvalue weighted by atomic mass is 35.5. The highest BCUT2D eigenvalue weighted by Gasteiger charge is 2.21. The number of hydrogen-bond donors (Lipinski definition) is 0. The molecule has 0 aliphatic heterocycles. The Hall–Kier alpha value is -1.93. The molecule has 0 radical (unpaired) electrons. The van der Waals surface area contributed by atoms with Gasteiger partial charge >= 0.3 is 0 Å². The molecule has 6 nitrogen and oxygen atoms in total. The second-order valence-electron chi connectivity index (χ2n) is 7.84. The minimum absolute atomic E-state index is 0.256. The van der Waals surface area contributed by atoms with E-state index < -0.39 is 10.0 Å². The van der Waals surface area contributed by atoms with Gasteiger partial charge in [0.2, 0.25) is 10.0 Å². The summed E-state index contributed by atoms with van der Waals surface area (Å²) in [6.45, 7) is 8.56. The van der Waals surface area contributed by atoms with E-state index in [1.54, 1.807) is 12.1 Å². The van der Waals surface area contributed by atoms with Gasteiger partial charge in [-0.05, 0) is 56.7 Å². The first kappa shape index (κ1) is 22.7. The lowest BCUT2D eigenvalue weighted by molar-refractivity contribution is 0.196. The molecule has 0 fully saturated rings. The average molecular weight is 449 g/mol. The lowest BCUT2D eigenvalue weighted by atomic mass is 10.2. The molecule has 0 aliphatic carbocycles. The first-order chi connectivity index (χ1) is 14.1. The predicted octanol–water partition coefficient (Wildman–Crippen LogP) is 4.37. The van der Waals surface area contributed by atoms with Gasteiger partial charge in [-0.3, -0.25) is 4.90 Å². The molecule has 30 heavy (non-hydrogen) atoms. The van der Waals surface area contributed by atoms with Gasteiger partial charge in [-0.1, -0.05) is 23.7 Å². The molecule has 3 aromatic rings. The number of aromatic nitrogens is 2. The maximum Gasteiger partial charge on any atom is 0.242 e. The van der Waals surface area contributed by atoms with Gasteiger partial charge in [0.05, 0.1) is 22.5 Å². The SMILES string of the molecule is CCn1c(CN(Cc2cccc(Cl)c2)C(C)C)nc2cc(S(=O)(=O)N(C)C)ccc21. The average Bonchev–Trinajstić information content (AvgIpc) is 3.03. The number of aryl methyl sites for hydroxylation is 1.